The number of imidazole rings is 1. The quantitative estimate of drug-likeness (QED) is 0.706. The van der Waals surface area contributed by atoms with Gasteiger partial charge in [0.15, 0.2) is 11.5 Å². The predicted molar refractivity (Wildman–Crippen MR) is 73.2 cm³/mol. The topological polar surface area (TPSA) is 66.5 Å². The SMILES string of the molecule is CSc1ccccc1Nc1ncnc2nc[nH]c12. The van der Waals surface area contributed by atoms with Gasteiger partial charge in [0, 0.05) is 4.90 Å². The molecule has 0 unspecified atom stereocenters. The number of fused-ring (bicyclic) bond motifs is 1. The van der Waals surface area contributed by atoms with Gasteiger partial charge in [0.1, 0.15) is 11.8 Å². The van der Waals surface area contributed by atoms with Gasteiger partial charge < -0.3 is 10.3 Å². The van der Waals surface area contributed by atoms with Gasteiger partial charge in [-0.3, -0.25) is 0 Å². The van der Waals surface area contributed by atoms with Gasteiger partial charge in [0.25, 0.3) is 0 Å². The average molecular weight is 257 g/mol. The van der Waals surface area contributed by atoms with Crippen molar-refractivity contribution >= 4 is 34.4 Å². The zero-order valence-electron chi connectivity index (χ0n) is 9.71. The minimum Gasteiger partial charge on any atom is -0.340 e. The molecule has 0 amide bonds. The van der Waals surface area contributed by atoms with Crippen LogP contribution in [0.4, 0.5) is 11.5 Å². The Bertz CT molecular complexity index is 679. The van der Waals surface area contributed by atoms with Crippen LogP contribution in [0.25, 0.3) is 11.2 Å². The molecule has 18 heavy (non-hydrogen) atoms. The summed E-state index contributed by atoms with van der Waals surface area (Å²) in [7, 11) is 0. The van der Waals surface area contributed by atoms with Crippen molar-refractivity contribution in [2.24, 2.45) is 0 Å². The van der Waals surface area contributed by atoms with E-state index >= 15 is 0 Å². The molecule has 0 saturated carbocycles. The zero-order chi connectivity index (χ0) is 12.4. The Morgan fingerprint density at radius 1 is 1.17 bits per heavy atom. The lowest BCUT2D eigenvalue weighted by Crippen LogP contribution is -1.96. The molecule has 0 aliphatic carbocycles. The number of hydrogen-bond donors (Lipinski definition) is 2. The second-order valence-corrected chi connectivity index (χ2v) is 4.50. The molecule has 2 heterocycles. The highest BCUT2D eigenvalue weighted by Gasteiger charge is 2.07. The van der Waals surface area contributed by atoms with Gasteiger partial charge in [-0.2, -0.15) is 0 Å². The van der Waals surface area contributed by atoms with Gasteiger partial charge in [-0.25, -0.2) is 15.0 Å². The van der Waals surface area contributed by atoms with E-state index in [2.05, 4.69) is 31.3 Å². The Morgan fingerprint density at radius 3 is 2.94 bits per heavy atom. The van der Waals surface area contributed by atoms with Crippen molar-refractivity contribution < 1.29 is 0 Å². The molecule has 90 valence electrons. The average Bonchev–Trinajstić information content (AvgIpc) is 2.89. The molecule has 0 aliphatic heterocycles. The normalized spacial score (nSPS) is 10.7. The molecule has 0 atom stereocenters. The van der Waals surface area contributed by atoms with E-state index in [1.54, 1.807) is 18.1 Å². The van der Waals surface area contributed by atoms with Gasteiger partial charge in [-0.05, 0) is 18.4 Å². The van der Waals surface area contributed by atoms with Crippen LogP contribution >= 0.6 is 11.8 Å². The van der Waals surface area contributed by atoms with Gasteiger partial charge in [0.2, 0.25) is 0 Å². The van der Waals surface area contributed by atoms with E-state index in [1.807, 2.05) is 24.5 Å². The Morgan fingerprint density at radius 2 is 2.06 bits per heavy atom. The molecule has 0 aliphatic rings. The minimum atomic E-state index is 0.661. The molecule has 1 aromatic carbocycles. The van der Waals surface area contributed by atoms with E-state index in [4.69, 9.17) is 0 Å². The number of rotatable bonds is 3. The number of thioether (sulfide) groups is 1. The molecule has 3 rings (SSSR count). The number of H-pyrrole nitrogens is 1. The lowest BCUT2D eigenvalue weighted by molar-refractivity contribution is 1.19. The molecule has 0 bridgehead atoms. The van der Waals surface area contributed by atoms with E-state index in [1.165, 1.54) is 11.2 Å². The molecule has 0 radical (unpaired) electrons. The zero-order valence-corrected chi connectivity index (χ0v) is 10.5. The van der Waals surface area contributed by atoms with Crippen LogP contribution in [-0.2, 0) is 0 Å². The lowest BCUT2D eigenvalue weighted by Gasteiger charge is -2.09. The van der Waals surface area contributed by atoms with Crippen molar-refractivity contribution in [2.75, 3.05) is 11.6 Å². The smallest absolute Gasteiger partial charge is 0.182 e. The second-order valence-electron chi connectivity index (χ2n) is 3.65. The highest BCUT2D eigenvalue weighted by atomic mass is 32.2. The summed E-state index contributed by atoms with van der Waals surface area (Å²) < 4.78 is 0. The van der Waals surface area contributed by atoms with E-state index in [9.17, 15) is 0 Å². The first-order chi connectivity index (χ1) is 8.88. The Kier molecular flexibility index (Phi) is 2.85. The summed E-state index contributed by atoms with van der Waals surface area (Å²) >= 11 is 1.69. The third kappa shape index (κ3) is 1.91. The molecule has 0 saturated heterocycles. The molecular weight excluding hydrogens is 246 g/mol. The highest BCUT2D eigenvalue weighted by molar-refractivity contribution is 7.98. The van der Waals surface area contributed by atoms with E-state index in [0.29, 0.717) is 5.65 Å². The maximum Gasteiger partial charge on any atom is 0.182 e. The number of para-hydroxylation sites is 1. The van der Waals surface area contributed by atoms with Crippen molar-refractivity contribution in [2.45, 2.75) is 4.90 Å². The number of hydrogen-bond acceptors (Lipinski definition) is 5. The predicted octanol–water partition coefficient (Wildman–Crippen LogP) is 2.82. The fraction of sp³-hybridized carbons (Fsp3) is 0.0833. The van der Waals surface area contributed by atoms with Crippen LogP contribution in [0.2, 0.25) is 0 Å². The van der Waals surface area contributed by atoms with Crippen LogP contribution in [0, 0.1) is 0 Å². The van der Waals surface area contributed by atoms with E-state index in [-0.39, 0.29) is 0 Å². The molecular formula is C12H11N5S. The van der Waals surface area contributed by atoms with E-state index < -0.39 is 0 Å². The fourth-order valence-corrected chi connectivity index (χ4v) is 2.29. The summed E-state index contributed by atoms with van der Waals surface area (Å²) in [6.45, 7) is 0. The minimum absolute atomic E-state index is 0.661. The summed E-state index contributed by atoms with van der Waals surface area (Å²) in [6.07, 6.45) is 5.17. The monoisotopic (exact) mass is 257 g/mol. The van der Waals surface area contributed by atoms with Gasteiger partial charge >= 0.3 is 0 Å². The van der Waals surface area contributed by atoms with Crippen molar-refractivity contribution in [3.63, 3.8) is 0 Å². The Balaban J connectivity index is 2.04. The van der Waals surface area contributed by atoms with Crippen LogP contribution in [0.15, 0.2) is 41.8 Å². The van der Waals surface area contributed by atoms with Crippen molar-refractivity contribution in [3.05, 3.63) is 36.9 Å². The standard InChI is InChI=1S/C12H11N5S/c1-18-9-5-3-2-4-8(9)17-12-10-11(14-6-13-10)15-7-16-12/h2-7H,1H3,(H2,13,14,15,16,17). The second kappa shape index (κ2) is 4.66. The molecule has 0 fully saturated rings. The largest absolute Gasteiger partial charge is 0.340 e. The first-order valence-corrected chi connectivity index (χ1v) is 6.65. The number of anilines is 2. The fourth-order valence-electron chi connectivity index (χ4n) is 1.74. The molecule has 6 heteroatoms. The van der Waals surface area contributed by atoms with Gasteiger partial charge in [-0.1, -0.05) is 12.1 Å². The molecule has 0 spiro atoms. The van der Waals surface area contributed by atoms with Crippen LogP contribution in [0.5, 0.6) is 0 Å². The van der Waals surface area contributed by atoms with Gasteiger partial charge in [0.05, 0.1) is 12.0 Å². The third-order valence-electron chi connectivity index (χ3n) is 2.58. The number of aromatic nitrogens is 4. The van der Waals surface area contributed by atoms with E-state index in [0.717, 1.165) is 17.0 Å². The maximum atomic E-state index is 4.25. The molecule has 2 aromatic heterocycles. The van der Waals surface area contributed by atoms with Crippen LogP contribution in [-0.4, -0.2) is 26.2 Å². The number of nitrogens with one attached hydrogen (secondary N) is 2. The molecule has 2 N–H and O–H groups in total. The Labute approximate surface area is 108 Å². The molecule has 3 aromatic rings. The van der Waals surface area contributed by atoms with Crippen molar-refractivity contribution in [1.82, 2.24) is 19.9 Å². The summed E-state index contributed by atoms with van der Waals surface area (Å²) in [5.74, 6) is 0.735. The van der Waals surface area contributed by atoms with Crippen molar-refractivity contribution in [3.8, 4) is 0 Å². The number of nitrogens with zero attached hydrogens (tertiary/aromatic N) is 3. The van der Waals surface area contributed by atoms with Gasteiger partial charge in [-0.15, -0.1) is 11.8 Å². The third-order valence-corrected chi connectivity index (χ3v) is 3.38. The number of benzene rings is 1. The summed E-state index contributed by atoms with van der Waals surface area (Å²) in [6, 6.07) is 8.10. The van der Waals surface area contributed by atoms with Crippen LogP contribution in [0.3, 0.4) is 0 Å². The Hall–Kier alpha value is -2.08. The van der Waals surface area contributed by atoms with Crippen LogP contribution < -0.4 is 5.32 Å². The lowest BCUT2D eigenvalue weighted by atomic mass is 10.3. The summed E-state index contributed by atoms with van der Waals surface area (Å²) in [5, 5.41) is 3.31. The first kappa shape index (κ1) is 11.0. The highest BCUT2D eigenvalue weighted by Crippen LogP contribution is 2.28. The van der Waals surface area contributed by atoms with Crippen LogP contribution in [0.1, 0.15) is 0 Å². The summed E-state index contributed by atoms with van der Waals surface area (Å²) in [5.41, 5.74) is 2.50. The first-order valence-electron chi connectivity index (χ1n) is 5.42. The maximum absolute atomic E-state index is 4.25. The summed E-state index contributed by atoms with van der Waals surface area (Å²) in [4.78, 5) is 16.7. The molecule has 5 nitrogen and oxygen atoms in total. The van der Waals surface area contributed by atoms with Crippen molar-refractivity contribution in [1.29, 1.82) is 0 Å². The number of aromatic amines is 1.